The van der Waals surface area contributed by atoms with Crippen LogP contribution in [0.15, 0.2) is 109 Å². The first-order valence-corrected chi connectivity index (χ1v) is 13.9. The Bertz CT molecular complexity index is 1350. The van der Waals surface area contributed by atoms with Crippen LogP contribution in [-0.4, -0.2) is 50.1 Å². The maximum atomic E-state index is 15.1. The fourth-order valence-corrected chi connectivity index (χ4v) is 5.95. The fraction of sp³-hybridized carbons (Fsp3) is 0.265. The summed E-state index contributed by atoms with van der Waals surface area (Å²) in [5.41, 5.74) is 5.43. The van der Waals surface area contributed by atoms with Crippen LogP contribution < -0.4 is 9.80 Å². The van der Waals surface area contributed by atoms with E-state index >= 15 is 4.39 Å². The van der Waals surface area contributed by atoms with Crippen LogP contribution in [-0.2, 0) is 0 Å². The number of nitrogens with zero attached hydrogens (tertiary/aromatic N) is 3. The van der Waals surface area contributed by atoms with Crippen LogP contribution in [0, 0.1) is 0 Å². The second kappa shape index (κ2) is 11.4. The molecule has 1 unspecified atom stereocenters. The van der Waals surface area contributed by atoms with E-state index in [-0.39, 0.29) is 12.5 Å². The van der Waals surface area contributed by atoms with Gasteiger partial charge in [0.2, 0.25) is 0 Å². The lowest BCUT2D eigenvalue weighted by atomic mass is 9.88. The molecule has 0 radical (unpaired) electrons. The molecule has 4 aromatic carbocycles. The molecule has 4 aromatic rings. The maximum Gasteiger partial charge on any atom is 0.258 e. The molecule has 0 spiro atoms. The van der Waals surface area contributed by atoms with Crippen molar-refractivity contribution in [3.8, 4) is 0 Å². The van der Waals surface area contributed by atoms with Crippen molar-refractivity contribution in [1.29, 1.82) is 0 Å². The lowest BCUT2D eigenvalue weighted by molar-refractivity contribution is 0.0963. The number of benzene rings is 4. The number of carbonyl (C=O) groups is 1. The molecule has 198 valence electrons. The minimum absolute atomic E-state index is 0.0564. The molecule has 5 heteroatoms. The second-order valence-electron chi connectivity index (χ2n) is 10.5. The molecule has 2 heterocycles. The van der Waals surface area contributed by atoms with Crippen LogP contribution in [0.3, 0.4) is 0 Å². The summed E-state index contributed by atoms with van der Waals surface area (Å²) in [5, 5.41) is 0. The van der Waals surface area contributed by atoms with Gasteiger partial charge in [-0.2, -0.15) is 0 Å². The minimum atomic E-state index is -1.19. The van der Waals surface area contributed by atoms with E-state index in [1.165, 1.54) is 11.1 Å². The normalized spacial score (nSPS) is 17.9. The largest absolute Gasteiger partial charge is 0.369 e. The van der Waals surface area contributed by atoms with Gasteiger partial charge in [0.1, 0.15) is 6.17 Å². The molecule has 6 rings (SSSR count). The zero-order chi connectivity index (χ0) is 26.6. The van der Waals surface area contributed by atoms with Crippen molar-refractivity contribution in [2.24, 2.45) is 0 Å². The van der Waals surface area contributed by atoms with Crippen molar-refractivity contribution in [1.82, 2.24) is 4.90 Å². The Balaban J connectivity index is 1.11. The number of rotatable bonds is 7. The minimum Gasteiger partial charge on any atom is -0.369 e. The summed E-state index contributed by atoms with van der Waals surface area (Å²) in [6.07, 6.45) is -0.125. The van der Waals surface area contributed by atoms with Crippen molar-refractivity contribution in [2.45, 2.75) is 18.5 Å². The Morgan fingerprint density at radius 1 is 0.718 bits per heavy atom. The molecule has 4 nitrogen and oxygen atoms in total. The molecule has 0 aliphatic carbocycles. The number of alkyl halides is 1. The molecule has 1 amide bonds. The Kier molecular flexibility index (Phi) is 7.42. The summed E-state index contributed by atoms with van der Waals surface area (Å²) in [4.78, 5) is 19.8. The molecular formula is C34H34FN3O. The van der Waals surface area contributed by atoms with Crippen molar-refractivity contribution < 1.29 is 9.18 Å². The third kappa shape index (κ3) is 5.45. The molecule has 0 N–H and O–H groups in total. The van der Waals surface area contributed by atoms with Gasteiger partial charge in [-0.3, -0.25) is 9.69 Å². The van der Waals surface area contributed by atoms with Gasteiger partial charge in [-0.1, -0.05) is 84.9 Å². The predicted molar refractivity (Wildman–Crippen MR) is 156 cm³/mol. The number of anilines is 2. The Labute approximate surface area is 230 Å². The van der Waals surface area contributed by atoms with Gasteiger partial charge in [0, 0.05) is 54.6 Å². The van der Waals surface area contributed by atoms with E-state index in [0.717, 1.165) is 50.5 Å². The summed E-state index contributed by atoms with van der Waals surface area (Å²) >= 11 is 0. The summed E-state index contributed by atoms with van der Waals surface area (Å²) < 4.78 is 15.1. The summed E-state index contributed by atoms with van der Waals surface area (Å²) in [7, 11) is 0. The van der Waals surface area contributed by atoms with Gasteiger partial charge in [-0.05, 0) is 48.4 Å². The molecule has 39 heavy (non-hydrogen) atoms. The third-order valence-corrected chi connectivity index (χ3v) is 8.14. The summed E-state index contributed by atoms with van der Waals surface area (Å²) in [5.74, 6) is 0.247. The number of fused-ring (bicyclic) bond motifs is 1. The fourth-order valence-electron chi connectivity index (χ4n) is 5.95. The van der Waals surface area contributed by atoms with Crippen LogP contribution in [0.1, 0.15) is 45.6 Å². The maximum absolute atomic E-state index is 15.1. The molecule has 1 saturated heterocycles. The van der Waals surface area contributed by atoms with E-state index in [4.69, 9.17) is 0 Å². The number of halogens is 1. The third-order valence-electron chi connectivity index (χ3n) is 8.14. The van der Waals surface area contributed by atoms with E-state index in [1.807, 2.05) is 48.5 Å². The molecule has 2 aliphatic rings. The van der Waals surface area contributed by atoms with Gasteiger partial charge in [0.25, 0.3) is 5.91 Å². The molecule has 1 atom stereocenters. The summed E-state index contributed by atoms with van der Waals surface area (Å²) in [6.45, 7) is 4.78. The molecule has 0 aromatic heterocycles. The van der Waals surface area contributed by atoms with Gasteiger partial charge >= 0.3 is 0 Å². The lowest BCUT2D eigenvalue weighted by Gasteiger charge is -2.37. The monoisotopic (exact) mass is 519 g/mol. The van der Waals surface area contributed by atoms with Crippen molar-refractivity contribution in [3.63, 3.8) is 0 Å². The number of amides is 1. The van der Waals surface area contributed by atoms with Gasteiger partial charge < -0.3 is 9.80 Å². The Morgan fingerprint density at radius 3 is 1.92 bits per heavy atom. The SMILES string of the molecule is O=C1c2cc(N3CCN(CCC(c4ccccc4)c4ccccc4)CC3)ccc2C(F)CN1c1ccccc1. The van der Waals surface area contributed by atoms with E-state index in [9.17, 15) is 4.79 Å². The topological polar surface area (TPSA) is 26.8 Å². The highest BCUT2D eigenvalue weighted by Crippen LogP contribution is 2.35. The average molecular weight is 520 g/mol. The van der Waals surface area contributed by atoms with Gasteiger partial charge in [-0.25, -0.2) is 4.39 Å². The standard InChI is InChI=1S/C34H34FN3O/c35-33-25-38(28-14-8-3-9-15-28)34(39)32-24-29(16-17-31(32)33)37-22-20-36(21-23-37)19-18-30(26-10-4-1-5-11-26)27-12-6-2-7-13-27/h1-17,24,30,33H,18-23,25H2. The van der Waals surface area contributed by atoms with Crippen LogP contribution in [0.4, 0.5) is 15.8 Å². The highest BCUT2D eigenvalue weighted by molar-refractivity contribution is 6.09. The Morgan fingerprint density at radius 2 is 1.31 bits per heavy atom. The lowest BCUT2D eigenvalue weighted by Crippen LogP contribution is -2.47. The van der Waals surface area contributed by atoms with Crippen LogP contribution >= 0.6 is 0 Å². The van der Waals surface area contributed by atoms with Crippen LogP contribution in [0.2, 0.25) is 0 Å². The first-order valence-electron chi connectivity index (χ1n) is 13.9. The highest BCUT2D eigenvalue weighted by Gasteiger charge is 2.33. The number of hydrogen-bond donors (Lipinski definition) is 0. The zero-order valence-corrected chi connectivity index (χ0v) is 22.1. The van der Waals surface area contributed by atoms with Crippen molar-refractivity contribution in [2.75, 3.05) is 49.1 Å². The highest BCUT2D eigenvalue weighted by atomic mass is 19.1. The molecular weight excluding hydrogens is 485 g/mol. The van der Waals surface area contributed by atoms with E-state index in [0.29, 0.717) is 17.0 Å². The van der Waals surface area contributed by atoms with Crippen molar-refractivity contribution in [3.05, 3.63) is 131 Å². The zero-order valence-electron chi connectivity index (χ0n) is 22.1. The van der Waals surface area contributed by atoms with E-state index in [2.05, 4.69) is 70.5 Å². The first-order chi connectivity index (χ1) is 19.2. The number of carbonyl (C=O) groups excluding carboxylic acids is 1. The predicted octanol–water partition coefficient (Wildman–Crippen LogP) is 6.70. The average Bonchev–Trinajstić information content (AvgIpc) is 3.01. The molecule has 0 bridgehead atoms. The van der Waals surface area contributed by atoms with E-state index in [1.54, 1.807) is 4.90 Å². The number of hydrogen-bond acceptors (Lipinski definition) is 3. The van der Waals surface area contributed by atoms with Gasteiger partial charge in [0.15, 0.2) is 0 Å². The quantitative estimate of drug-likeness (QED) is 0.272. The van der Waals surface area contributed by atoms with Gasteiger partial charge in [0.05, 0.1) is 6.54 Å². The van der Waals surface area contributed by atoms with Crippen LogP contribution in [0.25, 0.3) is 0 Å². The Hall–Kier alpha value is -3.96. The second-order valence-corrected chi connectivity index (χ2v) is 10.5. The van der Waals surface area contributed by atoms with E-state index < -0.39 is 6.17 Å². The smallest absolute Gasteiger partial charge is 0.258 e. The number of para-hydroxylation sites is 1. The number of piperazine rings is 1. The molecule has 1 fully saturated rings. The molecule has 0 saturated carbocycles. The van der Waals surface area contributed by atoms with Crippen LogP contribution in [0.5, 0.6) is 0 Å². The summed E-state index contributed by atoms with van der Waals surface area (Å²) in [6, 6.07) is 36.6. The van der Waals surface area contributed by atoms with Gasteiger partial charge in [-0.15, -0.1) is 0 Å². The first kappa shape index (κ1) is 25.3. The molecule has 2 aliphatic heterocycles. The van der Waals surface area contributed by atoms with Crippen molar-refractivity contribution >= 4 is 17.3 Å².